The SMILES string of the molecule is CSc1ncc2cc(-c3c(Cl)ccc(N4C(=O)c5ccccc5C4=O)c3Cl)c(=O)n(C)c2n1. The van der Waals surface area contributed by atoms with Gasteiger partial charge in [-0.25, -0.2) is 14.9 Å². The summed E-state index contributed by atoms with van der Waals surface area (Å²) in [4.78, 5) is 48.9. The lowest BCUT2D eigenvalue weighted by Crippen LogP contribution is -2.30. The minimum Gasteiger partial charge on any atom is -0.295 e. The fourth-order valence-corrected chi connectivity index (χ4v) is 4.87. The van der Waals surface area contributed by atoms with Gasteiger partial charge in [-0.2, -0.15) is 0 Å². The van der Waals surface area contributed by atoms with Gasteiger partial charge in [0, 0.05) is 24.2 Å². The van der Waals surface area contributed by atoms with E-state index in [0.717, 1.165) is 4.90 Å². The van der Waals surface area contributed by atoms with Crippen molar-refractivity contribution in [2.75, 3.05) is 11.2 Å². The third-order valence-electron chi connectivity index (χ3n) is 5.48. The van der Waals surface area contributed by atoms with Gasteiger partial charge in [0.05, 0.1) is 32.4 Å². The van der Waals surface area contributed by atoms with Crippen molar-refractivity contribution in [2.45, 2.75) is 5.16 Å². The average Bonchev–Trinajstić information content (AvgIpc) is 3.07. The monoisotopic (exact) mass is 496 g/mol. The van der Waals surface area contributed by atoms with Crippen molar-refractivity contribution in [1.82, 2.24) is 14.5 Å². The molecule has 7 nitrogen and oxygen atoms in total. The zero-order chi connectivity index (χ0) is 23.4. The molecule has 2 aromatic carbocycles. The number of rotatable bonds is 3. The average molecular weight is 497 g/mol. The summed E-state index contributed by atoms with van der Waals surface area (Å²) in [7, 11) is 1.60. The number of aryl methyl sites for hydroxylation is 1. The second kappa shape index (κ2) is 7.98. The van der Waals surface area contributed by atoms with Crippen molar-refractivity contribution in [3.05, 3.63) is 80.2 Å². The topological polar surface area (TPSA) is 85.2 Å². The van der Waals surface area contributed by atoms with Crippen molar-refractivity contribution in [3.8, 4) is 11.1 Å². The lowest BCUT2D eigenvalue weighted by atomic mass is 10.0. The van der Waals surface area contributed by atoms with E-state index in [1.165, 1.54) is 28.5 Å². The van der Waals surface area contributed by atoms with Crippen molar-refractivity contribution >= 4 is 63.5 Å². The maximum atomic E-state index is 13.3. The van der Waals surface area contributed by atoms with Crippen LogP contribution in [0.4, 0.5) is 5.69 Å². The number of amides is 2. The largest absolute Gasteiger partial charge is 0.295 e. The summed E-state index contributed by atoms with van der Waals surface area (Å²) < 4.78 is 1.40. The van der Waals surface area contributed by atoms with E-state index < -0.39 is 11.8 Å². The van der Waals surface area contributed by atoms with Crippen LogP contribution in [0.15, 0.2) is 58.6 Å². The molecule has 0 saturated carbocycles. The molecule has 0 atom stereocenters. The van der Waals surface area contributed by atoms with E-state index in [1.54, 1.807) is 43.6 Å². The third-order valence-corrected chi connectivity index (χ3v) is 6.74. The quantitative estimate of drug-likeness (QED) is 0.229. The van der Waals surface area contributed by atoms with Crippen LogP contribution < -0.4 is 10.5 Å². The molecule has 0 saturated heterocycles. The summed E-state index contributed by atoms with van der Waals surface area (Å²) in [5, 5.41) is 1.38. The van der Waals surface area contributed by atoms with Gasteiger partial charge in [0.2, 0.25) is 0 Å². The Kier molecular flexibility index (Phi) is 5.23. The number of halogens is 2. The lowest BCUT2D eigenvalue weighted by Gasteiger charge is -2.19. The molecule has 0 bridgehead atoms. The number of hydrogen-bond acceptors (Lipinski definition) is 6. The molecule has 0 fully saturated rings. The molecule has 0 N–H and O–H groups in total. The smallest absolute Gasteiger partial charge is 0.266 e. The summed E-state index contributed by atoms with van der Waals surface area (Å²) in [6, 6.07) is 11.2. The van der Waals surface area contributed by atoms with E-state index in [1.807, 2.05) is 6.26 Å². The highest BCUT2D eigenvalue weighted by Crippen LogP contribution is 2.42. The number of nitrogens with zero attached hydrogens (tertiary/aromatic N) is 4. The van der Waals surface area contributed by atoms with Crippen LogP contribution in [0.5, 0.6) is 0 Å². The van der Waals surface area contributed by atoms with E-state index in [-0.39, 0.29) is 32.4 Å². The van der Waals surface area contributed by atoms with Gasteiger partial charge in [0.25, 0.3) is 17.4 Å². The summed E-state index contributed by atoms with van der Waals surface area (Å²) in [6.07, 6.45) is 3.46. The molecule has 164 valence electrons. The van der Waals surface area contributed by atoms with Gasteiger partial charge in [-0.15, -0.1) is 0 Å². The van der Waals surface area contributed by atoms with Crippen molar-refractivity contribution in [2.24, 2.45) is 7.05 Å². The van der Waals surface area contributed by atoms with Crippen LogP contribution >= 0.6 is 35.0 Å². The molecule has 1 aliphatic rings. The molecular formula is C23H14Cl2N4O3S. The van der Waals surface area contributed by atoms with E-state index in [9.17, 15) is 14.4 Å². The number of fused-ring (bicyclic) bond motifs is 2. The van der Waals surface area contributed by atoms with Crippen molar-refractivity contribution in [1.29, 1.82) is 0 Å². The molecule has 0 unspecified atom stereocenters. The predicted molar refractivity (Wildman–Crippen MR) is 130 cm³/mol. The van der Waals surface area contributed by atoms with Crippen LogP contribution in [-0.2, 0) is 7.05 Å². The molecule has 0 aliphatic carbocycles. The highest BCUT2D eigenvalue weighted by Gasteiger charge is 2.38. The van der Waals surface area contributed by atoms with Gasteiger partial charge in [-0.1, -0.05) is 47.1 Å². The Morgan fingerprint density at radius 3 is 2.24 bits per heavy atom. The van der Waals surface area contributed by atoms with Crippen LogP contribution in [0.3, 0.4) is 0 Å². The minimum atomic E-state index is -0.491. The van der Waals surface area contributed by atoms with Crippen LogP contribution in [0.1, 0.15) is 20.7 Å². The standard InChI is InChI=1S/C23H14Cl2N4O3S/c1-28-19-11(10-26-23(27-19)33-2)9-14(20(28)30)17-15(24)7-8-16(18(17)25)29-21(31)12-5-3-4-6-13(12)22(29)32/h3-10H,1-2H3. The maximum absolute atomic E-state index is 13.3. The number of pyridine rings is 1. The van der Waals surface area contributed by atoms with E-state index in [4.69, 9.17) is 23.2 Å². The number of carbonyl (C=O) groups is 2. The van der Waals surface area contributed by atoms with Crippen LogP contribution in [-0.4, -0.2) is 32.6 Å². The van der Waals surface area contributed by atoms with Gasteiger partial charge in [-0.05, 0) is 36.6 Å². The van der Waals surface area contributed by atoms with E-state index in [0.29, 0.717) is 27.3 Å². The number of benzene rings is 2. The maximum Gasteiger partial charge on any atom is 0.266 e. The number of thioether (sulfide) groups is 1. The molecule has 0 radical (unpaired) electrons. The zero-order valence-corrected chi connectivity index (χ0v) is 19.6. The Morgan fingerprint density at radius 2 is 1.61 bits per heavy atom. The van der Waals surface area contributed by atoms with Gasteiger partial charge < -0.3 is 0 Å². The number of anilines is 1. The summed E-state index contributed by atoms with van der Waals surface area (Å²) >= 11 is 14.6. The first-order valence-corrected chi connectivity index (χ1v) is 11.7. The molecule has 4 aromatic rings. The molecule has 1 aliphatic heterocycles. The molecule has 2 aromatic heterocycles. The Hall–Kier alpha value is -3.20. The Balaban J connectivity index is 1.72. The summed E-state index contributed by atoms with van der Waals surface area (Å²) in [5.74, 6) is -0.981. The molecule has 10 heteroatoms. The number of aromatic nitrogens is 3. The molecular weight excluding hydrogens is 483 g/mol. The Labute approximate surface area is 202 Å². The minimum absolute atomic E-state index is 0.0232. The highest BCUT2D eigenvalue weighted by molar-refractivity contribution is 7.98. The first-order chi connectivity index (χ1) is 15.8. The third kappa shape index (κ3) is 3.25. The van der Waals surface area contributed by atoms with Gasteiger partial charge in [-0.3, -0.25) is 19.0 Å². The fourth-order valence-electron chi connectivity index (χ4n) is 3.88. The van der Waals surface area contributed by atoms with Crippen molar-refractivity contribution < 1.29 is 9.59 Å². The van der Waals surface area contributed by atoms with E-state index >= 15 is 0 Å². The first kappa shape index (κ1) is 21.6. The predicted octanol–water partition coefficient (Wildman–Crippen LogP) is 4.82. The fraction of sp³-hybridized carbons (Fsp3) is 0.0870. The molecule has 2 amide bonds. The Bertz CT molecular complexity index is 1530. The van der Waals surface area contributed by atoms with Gasteiger partial charge in [0.15, 0.2) is 5.16 Å². The van der Waals surface area contributed by atoms with Crippen LogP contribution in [0, 0.1) is 0 Å². The summed E-state index contributed by atoms with van der Waals surface area (Å²) in [5.41, 5.74) is 1.25. The highest BCUT2D eigenvalue weighted by atomic mass is 35.5. The second-order valence-electron chi connectivity index (χ2n) is 7.30. The lowest BCUT2D eigenvalue weighted by molar-refractivity contribution is 0.0926. The molecule has 3 heterocycles. The molecule has 33 heavy (non-hydrogen) atoms. The van der Waals surface area contributed by atoms with E-state index in [2.05, 4.69) is 9.97 Å². The molecule has 5 rings (SSSR count). The van der Waals surface area contributed by atoms with Crippen LogP contribution in [0.25, 0.3) is 22.2 Å². The summed E-state index contributed by atoms with van der Waals surface area (Å²) in [6.45, 7) is 0. The Morgan fingerprint density at radius 1 is 0.939 bits per heavy atom. The zero-order valence-electron chi connectivity index (χ0n) is 17.3. The number of hydrogen-bond donors (Lipinski definition) is 0. The second-order valence-corrected chi connectivity index (χ2v) is 8.86. The molecule has 0 spiro atoms. The van der Waals surface area contributed by atoms with Gasteiger partial charge >= 0.3 is 0 Å². The van der Waals surface area contributed by atoms with Crippen LogP contribution in [0.2, 0.25) is 10.0 Å². The van der Waals surface area contributed by atoms with Crippen molar-refractivity contribution in [3.63, 3.8) is 0 Å². The normalized spacial score (nSPS) is 13.2. The number of carbonyl (C=O) groups excluding carboxylic acids is 2. The van der Waals surface area contributed by atoms with Gasteiger partial charge in [0.1, 0.15) is 5.65 Å². The first-order valence-electron chi connectivity index (χ1n) is 9.70. The number of imide groups is 1.